The van der Waals surface area contributed by atoms with Gasteiger partial charge in [0.15, 0.2) is 0 Å². The van der Waals surface area contributed by atoms with Gasteiger partial charge < -0.3 is 15.8 Å². The highest BCUT2D eigenvalue weighted by molar-refractivity contribution is 5.17. The molecule has 1 aromatic heterocycles. The van der Waals surface area contributed by atoms with Crippen LogP contribution in [0.5, 0.6) is 0 Å². The van der Waals surface area contributed by atoms with Crippen LogP contribution in [0.3, 0.4) is 0 Å². The molecule has 4 N–H and O–H groups in total. The number of hydrogen-bond donors (Lipinski definition) is 3. The van der Waals surface area contributed by atoms with Crippen molar-refractivity contribution in [3.8, 4) is 0 Å². The largest absolute Gasteiger partial charge is 0.391 e. The Morgan fingerprint density at radius 3 is 2.72 bits per heavy atom. The molecule has 6 heteroatoms. The number of alkyl halides is 1. The van der Waals surface area contributed by atoms with E-state index in [-0.39, 0.29) is 11.7 Å². The van der Waals surface area contributed by atoms with Gasteiger partial charge in [-0.05, 0) is 57.2 Å². The summed E-state index contributed by atoms with van der Waals surface area (Å²) in [5.74, 6) is 0.290. The van der Waals surface area contributed by atoms with E-state index in [1.165, 1.54) is 26.0 Å². The Morgan fingerprint density at radius 1 is 1.36 bits per heavy atom. The Labute approximate surface area is 147 Å². The first-order valence-electron chi connectivity index (χ1n) is 8.61. The number of rotatable bonds is 9. The predicted molar refractivity (Wildman–Crippen MR) is 94.5 cm³/mol. The summed E-state index contributed by atoms with van der Waals surface area (Å²) in [5, 5.41) is 10.5. The van der Waals surface area contributed by atoms with E-state index in [1.807, 2.05) is 0 Å². The average Bonchev–Trinajstić information content (AvgIpc) is 3.04. The van der Waals surface area contributed by atoms with Crippen molar-refractivity contribution in [3.63, 3.8) is 0 Å². The maximum absolute atomic E-state index is 13.9. The van der Waals surface area contributed by atoms with Crippen LogP contribution in [0.1, 0.15) is 50.4 Å². The van der Waals surface area contributed by atoms with E-state index < -0.39 is 17.8 Å². The van der Waals surface area contributed by atoms with Crippen LogP contribution >= 0.6 is 0 Å². The highest BCUT2D eigenvalue weighted by Gasteiger charge is 2.26. The number of H-pyrrole nitrogens is 1. The van der Waals surface area contributed by atoms with Crippen LogP contribution < -0.4 is 5.73 Å². The second-order valence-electron chi connectivity index (χ2n) is 7.23. The van der Waals surface area contributed by atoms with E-state index in [9.17, 15) is 13.9 Å². The first kappa shape index (κ1) is 19.5. The maximum Gasteiger partial charge on any atom is 0.123 e. The van der Waals surface area contributed by atoms with Crippen LogP contribution in [0.2, 0.25) is 0 Å². The van der Waals surface area contributed by atoms with Crippen LogP contribution in [-0.4, -0.2) is 32.9 Å². The Hall–Kier alpha value is -1.79. The number of halogens is 2. The van der Waals surface area contributed by atoms with E-state index in [0.29, 0.717) is 25.7 Å². The third-order valence-electron chi connectivity index (χ3n) is 4.37. The van der Waals surface area contributed by atoms with E-state index in [4.69, 9.17) is 5.73 Å². The van der Waals surface area contributed by atoms with Gasteiger partial charge in [-0.15, -0.1) is 0 Å². The number of aliphatic hydroxyl groups is 1. The van der Waals surface area contributed by atoms with Crippen molar-refractivity contribution in [3.05, 3.63) is 53.9 Å². The zero-order chi connectivity index (χ0) is 18.4. The number of hydrogen-bond acceptors (Lipinski definition) is 3. The summed E-state index contributed by atoms with van der Waals surface area (Å²) in [7, 11) is 0. The standard InChI is InChI=1S/C19H27F2N3O/c1-19(2,21)7-6-14(18-23-8-9-24-18)12-17(25)16(22)11-13-4-3-5-15(20)10-13/h3-5,8-10,14,16-17,25H,6-7,11-12,22H2,1-2H3,(H,23,24)/t14-,16+,17+/m1/s1. The number of aromatic nitrogens is 2. The second-order valence-corrected chi connectivity index (χ2v) is 7.23. The molecule has 2 rings (SSSR count). The number of aromatic amines is 1. The van der Waals surface area contributed by atoms with Crippen molar-refractivity contribution in [2.45, 2.75) is 63.3 Å². The minimum atomic E-state index is -1.28. The molecule has 0 amide bonds. The molecule has 0 aliphatic heterocycles. The lowest BCUT2D eigenvalue weighted by molar-refractivity contribution is 0.117. The number of nitrogens with zero attached hydrogens (tertiary/aromatic N) is 1. The molecule has 1 heterocycles. The van der Waals surface area contributed by atoms with E-state index in [1.54, 1.807) is 24.5 Å². The van der Waals surface area contributed by atoms with E-state index in [2.05, 4.69) is 9.97 Å². The number of nitrogens with two attached hydrogens (primary N) is 1. The van der Waals surface area contributed by atoms with Crippen molar-refractivity contribution in [2.75, 3.05) is 0 Å². The van der Waals surface area contributed by atoms with Crippen molar-refractivity contribution in [1.82, 2.24) is 9.97 Å². The molecule has 0 radical (unpaired) electrons. The number of benzene rings is 1. The molecular formula is C19H27F2N3O. The Bertz CT molecular complexity index is 640. The minimum Gasteiger partial charge on any atom is -0.391 e. The molecule has 4 nitrogen and oxygen atoms in total. The molecule has 2 aromatic rings. The van der Waals surface area contributed by atoms with Gasteiger partial charge in [0, 0.05) is 24.4 Å². The van der Waals surface area contributed by atoms with Gasteiger partial charge in [0.2, 0.25) is 0 Å². The maximum atomic E-state index is 13.9. The van der Waals surface area contributed by atoms with Crippen molar-refractivity contribution in [1.29, 1.82) is 0 Å². The zero-order valence-electron chi connectivity index (χ0n) is 14.8. The molecular weight excluding hydrogens is 324 g/mol. The third-order valence-corrected chi connectivity index (χ3v) is 4.37. The molecule has 0 saturated carbocycles. The Kier molecular flexibility index (Phi) is 6.67. The number of nitrogens with one attached hydrogen (secondary N) is 1. The predicted octanol–water partition coefficient (Wildman–Crippen LogP) is 3.48. The minimum absolute atomic E-state index is 0.112. The van der Waals surface area contributed by atoms with E-state index in [0.717, 1.165) is 11.4 Å². The lowest BCUT2D eigenvalue weighted by Gasteiger charge is -2.25. The molecule has 1 aromatic carbocycles. The summed E-state index contributed by atoms with van der Waals surface area (Å²) in [4.78, 5) is 7.29. The lowest BCUT2D eigenvalue weighted by atomic mass is 9.88. The monoisotopic (exact) mass is 351 g/mol. The molecule has 3 atom stereocenters. The van der Waals surface area contributed by atoms with Gasteiger partial charge in [-0.2, -0.15) is 0 Å². The van der Waals surface area contributed by atoms with Gasteiger partial charge >= 0.3 is 0 Å². The summed E-state index contributed by atoms with van der Waals surface area (Å²) < 4.78 is 27.1. The Balaban J connectivity index is 1.99. The fourth-order valence-electron chi connectivity index (χ4n) is 2.92. The summed E-state index contributed by atoms with van der Waals surface area (Å²) in [6, 6.07) is 5.67. The van der Waals surface area contributed by atoms with Gasteiger partial charge in [0.1, 0.15) is 17.3 Å². The van der Waals surface area contributed by atoms with Gasteiger partial charge in [-0.3, -0.25) is 0 Å². The SMILES string of the molecule is CC(C)(F)CC[C@H](C[C@H](O)[C@@H](N)Cc1cccc(F)c1)c1ncc[nH]1. The van der Waals surface area contributed by atoms with Gasteiger partial charge in [-0.1, -0.05) is 12.1 Å². The summed E-state index contributed by atoms with van der Waals surface area (Å²) in [5.41, 5.74) is 5.57. The van der Waals surface area contributed by atoms with Crippen LogP contribution in [-0.2, 0) is 6.42 Å². The zero-order valence-corrected chi connectivity index (χ0v) is 14.8. The lowest BCUT2D eigenvalue weighted by Crippen LogP contribution is -2.38. The summed E-state index contributed by atoms with van der Waals surface area (Å²) in [6.07, 6.45) is 4.23. The highest BCUT2D eigenvalue weighted by atomic mass is 19.1. The molecule has 0 saturated heterocycles. The molecule has 0 aliphatic carbocycles. The number of imidazole rings is 1. The normalized spacial score (nSPS) is 15.8. The van der Waals surface area contributed by atoms with Gasteiger partial charge in [0.25, 0.3) is 0 Å². The second kappa shape index (κ2) is 8.54. The number of aliphatic hydroxyl groups excluding tert-OH is 1. The summed E-state index contributed by atoms with van der Waals surface area (Å²) in [6.45, 7) is 3.08. The molecule has 25 heavy (non-hydrogen) atoms. The molecule has 0 aliphatic rings. The van der Waals surface area contributed by atoms with Crippen molar-refractivity contribution in [2.24, 2.45) is 5.73 Å². The van der Waals surface area contributed by atoms with Gasteiger partial charge in [-0.25, -0.2) is 13.8 Å². The van der Waals surface area contributed by atoms with Crippen LogP contribution in [0, 0.1) is 5.82 Å². The molecule has 138 valence electrons. The first-order valence-corrected chi connectivity index (χ1v) is 8.61. The van der Waals surface area contributed by atoms with Crippen molar-refractivity contribution >= 4 is 0 Å². The average molecular weight is 351 g/mol. The molecule has 0 unspecified atom stereocenters. The molecule has 0 bridgehead atoms. The Morgan fingerprint density at radius 2 is 2.12 bits per heavy atom. The topological polar surface area (TPSA) is 74.9 Å². The van der Waals surface area contributed by atoms with Gasteiger partial charge in [0.05, 0.1) is 6.10 Å². The quantitative estimate of drug-likeness (QED) is 0.647. The summed E-state index contributed by atoms with van der Waals surface area (Å²) >= 11 is 0. The van der Waals surface area contributed by atoms with Crippen LogP contribution in [0.15, 0.2) is 36.7 Å². The molecule has 0 fully saturated rings. The first-order chi connectivity index (χ1) is 11.7. The molecule has 0 spiro atoms. The van der Waals surface area contributed by atoms with Crippen LogP contribution in [0.25, 0.3) is 0 Å². The fourth-order valence-corrected chi connectivity index (χ4v) is 2.92. The smallest absolute Gasteiger partial charge is 0.123 e. The third kappa shape index (κ3) is 6.55. The fraction of sp³-hybridized carbons (Fsp3) is 0.526. The van der Waals surface area contributed by atoms with E-state index >= 15 is 0 Å². The van der Waals surface area contributed by atoms with Crippen molar-refractivity contribution < 1.29 is 13.9 Å². The highest BCUT2D eigenvalue weighted by Crippen LogP contribution is 2.29. The van der Waals surface area contributed by atoms with Crippen LogP contribution in [0.4, 0.5) is 8.78 Å².